The number of aromatic nitrogens is 2. The second-order valence-electron chi connectivity index (χ2n) is 4.70. The minimum atomic E-state index is -0.0201. The molecule has 0 saturated carbocycles. The first kappa shape index (κ1) is 13.7. The zero-order valence-corrected chi connectivity index (χ0v) is 12.4. The van der Waals surface area contributed by atoms with Gasteiger partial charge >= 0.3 is 0 Å². The number of amides is 1. The van der Waals surface area contributed by atoms with Gasteiger partial charge in [0.15, 0.2) is 0 Å². The number of hydrogen-bond donors (Lipinski definition) is 0. The summed E-state index contributed by atoms with van der Waals surface area (Å²) in [6, 6.07) is 3.86. The first-order valence-electron chi connectivity index (χ1n) is 6.16. The average Bonchev–Trinajstić information content (AvgIpc) is 2.80. The quantitative estimate of drug-likeness (QED) is 0.864. The van der Waals surface area contributed by atoms with E-state index in [0.29, 0.717) is 0 Å². The lowest BCUT2D eigenvalue weighted by Crippen LogP contribution is -2.30. The molecule has 0 radical (unpaired) electrons. The summed E-state index contributed by atoms with van der Waals surface area (Å²) in [5, 5.41) is 1.79. The molecule has 2 aromatic heterocycles. The summed E-state index contributed by atoms with van der Waals surface area (Å²) in [4.78, 5) is 22.3. The molecule has 0 atom stereocenters. The number of pyridine rings is 1. The Balaban J connectivity index is 2.34. The van der Waals surface area contributed by atoms with E-state index < -0.39 is 0 Å². The second-order valence-corrected chi connectivity index (χ2v) is 5.68. The highest BCUT2D eigenvalue weighted by atomic mass is 32.1. The Labute approximate surface area is 117 Å². The molecule has 0 aliphatic carbocycles. The Morgan fingerprint density at radius 1 is 1.42 bits per heavy atom. The van der Waals surface area contributed by atoms with E-state index in [2.05, 4.69) is 9.97 Å². The van der Waals surface area contributed by atoms with E-state index in [1.54, 1.807) is 24.3 Å². The van der Waals surface area contributed by atoms with Gasteiger partial charge in [-0.05, 0) is 19.1 Å². The Morgan fingerprint density at radius 2 is 2.16 bits per heavy atom. The molecule has 0 N–H and O–H groups in total. The van der Waals surface area contributed by atoms with Gasteiger partial charge < -0.3 is 4.90 Å². The molecule has 5 heteroatoms. The van der Waals surface area contributed by atoms with Crippen LogP contribution >= 0.6 is 11.3 Å². The smallest absolute Gasteiger partial charge is 0.229 e. The number of hydrogen-bond acceptors (Lipinski definition) is 4. The summed E-state index contributed by atoms with van der Waals surface area (Å²) in [5.74, 6) is 0.0813. The van der Waals surface area contributed by atoms with Crippen molar-refractivity contribution in [3.63, 3.8) is 0 Å². The summed E-state index contributed by atoms with van der Waals surface area (Å²) >= 11 is 1.52. The van der Waals surface area contributed by atoms with E-state index in [-0.39, 0.29) is 11.8 Å². The predicted octanol–water partition coefficient (Wildman–Crippen LogP) is 3.13. The Morgan fingerprint density at radius 3 is 2.74 bits per heavy atom. The maximum absolute atomic E-state index is 12.0. The fourth-order valence-electron chi connectivity index (χ4n) is 1.80. The highest BCUT2D eigenvalue weighted by Crippen LogP contribution is 2.33. The van der Waals surface area contributed by atoms with Crippen molar-refractivity contribution in [3.8, 4) is 10.6 Å². The van der Waals surface area contributed by atoms with Crippen molar-refractivity contribution in [3.05, 3.63) is 30.2 Å². The molecule has 0 bridgehead atoms. The van der Waals surface area contributed by atoms with Crippen molar-refractivity contribution in [2.24, 2.45) is 5.92 Å². The number of carbonyl (C=O) groups excluding carboxylic acids is 1. The van der Waals surface area contributed by atoms with Crippen LogP contribution in [0, 0.1) is 12.8 Å². The highest BCUT2D eigenvalue weighted by Gasteiger charge is 2.20. The van der Waals surface area contributed by atoms with Gasteiger partial charge in [-0.1, -0.05) is 25.2 Å². The number of carbonyl (C=O) groups is 1. The van der Waals surface area contributed by atoms with Crippen LogP contribution in [-0.2, 0) is 4.79 Å². The van der Waals surface area contributed by atoms with Crippen LogP contribution in [0.5, 0.6) is 0 Å². The molecular weight excluding hydrogens is 258 g/mol. The number of rotatable bonds is 3. The van der Waals surface area contributed by atoms with E-state index in [0.717, 1.165) is 21.3 Å². The van der Waals surface area contributed by atoms with Crippen LogP contribution in [-0.4, -0.2) is 22.9 Å². The summed E-state index contributed by atoms with van der Waals surface area (Å²) < 4.78 is 0. The fourth-order valence-corrected chi connectivity index (χ4v) is 2.82. The zero-order valence-electron chi connectivity index (χ0n) is 11.5. The van der Waals surface area contributed by atoms with Crippen LogP contribution in [0.1, 0.15) is 19.5 Å². The lowest BCUT2D eigenvalue weighted by molar-refractivity contribution is -0.121. The van der Waals surface area contributed by atoms with Gasteiger partial charge in [0.25, 0.3) is 0 Å². The molecule has 0 unspecified atom stereocenters. The number of anilines is 1. The van der Waals surface area contributed by atoms with Crippen molar-refractivity contribution in [1.29, 1.82) is 0 Å². The van der Waals surface area contributed by atoms with Gasteiger partial charge in [0.2, 0.25) is 5.91 Å². The van der Waals surface area contributed by atoms with E-state index in [1.165, 1.54) is 11.3 Å². The first-order chi connectivity index (χ1) is 9.00. The van der Waals surface area contributed by atoms with Crippen LogP contribution in [0.25, 0.3) is 10.6 Å². The summed E-state index contributed by atoms with van der Waals surface area (Å²) in [5.41, 5.74) is 1.85. The third-order valence-corrected chi connectivity index (χ3v) is 4.09. The normalized spacial score (nSPS) is 10.8. The molecule has 0 aliphatic rings. The third kappa shape index (κ3) is 2.81. The predicted molar refractivity (Wildman–Crippen MR) is 78.3 cm³/mol. The summed E-state index contributed by atoms with van der Waals surface area (Å²) in [6.45, 7) is 5.73. The van der Waals surface area contributed by atoms with E-state index in [1.807, 2.05) is 32.9 Å². The molecule has 19 heavy (non-hydrogen) atoms. The van der Waals surface area contributed by atoms with Gasteiger partial charge in [-0.3, -0.25) is 9.78 Å². The molecule has 2 rings (SSSR count). The first-order valence-corrected chi connectivity index (χ1v) is 6.97. The molecule has 0 fully saturated rings. The van der Waals surface area contributed by atoms with Crippen molar-refractivity contribution in [1.82, 2.24) is 9.97 Å². The molecule has 1 amide bonds. The van der Waals surface area contributed by atoms with Crippen LogP contribution in [0.3, 0.4) is 0 Å². The monoisotopic (exact) mass is 275 g/mol. The van der Waals surface area contributed by atoms with Gasteiger partial charge in [0, 0.05) is 30.9 Å². The second kappa shape index (κ2) is 5.48. The van der Waals surface area contributed by atoms with Gasteiger partial charge in [-0.15, -0.1) is 0 Å². The number of nitrogens with zero attached hydrogens (tertiary/aromatic N) is 3. The van der Waals surface area contributed by atoms with Crippen molar-refractivity contribution in [2.75, 3.05) is 11.9 Å². The minimum Gasteiger partial charge on any atom is -0.305 e. The van der Waals surface area contributed by atoms with Crippen molar-refractivity contribution in [2.45, 2.75) is 20.8 Å². The van der Waals surface area contributed by atoms with Crippen LogP contribution in [0.4, 0.5) is 5.00 Å². The van der Waals surface area contributed by atoms with E-state index in [4.69, 9.17) is 0 Å². The van der Waals surface area contributed by atoms with E-state index in [9.17, 15) is 4.79 Å². The van der Waals surface area contributed by atoms with E-state index >= 15 is 0 Å². The molecule has 4 nitrogen and oxygen atoms in total. The average molecular weight is 275 g/mol. The minimum absolute atomic E-state index is 0.0201. The molecule has 0 aliphatic heterocycles. The molecule has 0 aromatic carbocycles. The fraction of sp³-hybridized carbons (Fsp3) is 0.357. The maximum Gasteiger partial charge on any atom is 0.229 e. The lowest BCUT2D eigenvalue weighted by atomic mass is 10.2. The van der Waals surface area contributed by atoms with Crippen molar-refractivity contribution >= 4 is 22.2 Å². The molecule has 2 heterocycles. The molecular formula is C14H17N3OS. The SMILES string of the molecule is Cc1nc(-c2cccnc2)sc1N(C)C(=O)C(C)C. The molecule has 0 saturated heterocycles. The van der Waals surface area contributed by atoms with Gasteiger partial charge in [-0.25, -0.2) is 4.98 Å². The van der Waals surface area contributed by atoms with Gasteiger partial charge in [0.05, 0.1) is 5.69 Å². The Bertz CT molecular complexity index is 578. The van der Waals surface area contributed by atoms with Gasteiger partial charge in [-0.2, -0.15) is 0 Å². The maximum atomic E-state index is 12.0. The number of thiazole rings is 1. The highest BCUT2D eigenvalue weighted by molar-refractivity contribution is 7.19. The standard InChI is InChI=1S/C14H17N3OS/c1-9(2)13(18)17(4)14-10(3)16-12(19-14)11-6-5-7-15-8-11/h5-9H,1-4H3. The van der Waals surface area contributed by atoms with Crippen LogP contribution < -0.4 is 4.90 Å². The topological polar surface area (TPSA) is 46.1 Å². The molecule has 0 spiro atoms. The van der Waals surface area contributed by atoms with Crippen LogP contribution in [0.2, 0.25) is 0 Å². The van der Waals surface area contributed by atoms with Crippen LogP contribution in [0.15, 0.2) is 24.5 Å². The number of aryl methyl sites for hydroxylation is 1. The lowest BCUT2D eigenvalue weighted by Gasteiger charge is -2.17. The van der Waals surface area contributed by atoms with Gasteiger partial charge in [0.1, 0.15) is 10.0 Å². The third-order valence-electron chi connectivity index (χ3n) is 2.81. The zero-order chi connectivity index (χ0) is 14.0. The Hall–Kier alpha value is -1.75. The Kier molecular flexibility index (Phi) is 3.95. The molecule has 2 aromatic rings. The summed E-state index contributed by atoms with van der Waals surface area (Å²) in [6.07, 6.45) is 3.52. The van der Waals surface area contributed by atoms with Crippen molar-refractivity contribution < 1.29 is 4.79 Å². The molecule has 100 valence electrons. The summed E-state index contributed by atoms with van der Waals surface area (Å²) in [7, 11) is 1.80. The largest absolute Gasteiger partial charge is 0.305 e.